The molecule has 5 rings (SSSR count). The predicted octanol–water partition coefficient (Wildman–Crippen LogP) is 5.36. The van der Waals surface area contributed by atoms with Crippen molar-refractivity contribution in [3.05, 3.63) is 65.2 Å². The second-order valence-electron chi connectivity index (χ2n) is 10.7. The number of hydrogen-bond acceptors (Lipinski definition) is 6. The van der Waals surface area contributed by atoms with Crippen molar-refractivity contribution in [1.29, 1.82) is 0 Å². The van der Waals surface area contributed by atoms with Gasteiger partial charge in [0.15, 0.2) is 0 Å². The number of anilines is 1. The highest BCUT2D eigenvalue weighted by Gasteiger charge is 2.36. The largest absolute Gasteiger partial charge is 0.475 e. The third kappa shape index (κ3) is 5.25. The fraction of sp³-hybridized carbons (Fsp3) is 0.414. The van der Waals surface area contributed by atoms with Crippen LogP contribution in [-0.4, -0.2) is 47.9 Å². The zero-order valence-electron chi connectivity index (χ0n) is 22.3. The molecule has 1 aliphatic heterocycles. The van der Waals surface area contributed by atoms with Crippen molar-refractivity contribution < 1.29 is 17.9 Å². The summed E-state index contributed by atoms with van der Waals surface area (Å²) in [5, 5.41) is 0. The van der Waals surface area contributed by atoms with Crippen LogP contribution in [0.25, 0.3) is 11.3 Å². The van der Waals surface area contributed by atoms with Gasteiger partial charge in [0.25, 0.3) is 15.9 Å². The maximum Gasteiger partial charge on any atom is 0.264 e. The number of aryl methyl sites for hydroxylation is 2. The molecule has 1 N–H and O–H groups in total. The van der Waals surface area contributed by atoms with E-state index in [1.54, 1.807) is 18.2 Å². The van der Waals surface area contributed by atoms with Crippen molar-refractivity contribution in [2.24, 2.45) is 5.92 Å². The van der Waals surface area contributed by atoms with Crippen molar-refractivity contribution in [3.8, 4) is 17.1 Å². The Morgan fingerprint density at radius 3 is 2.42 bits per heavy atom. The molecule has 1 atom stereocenters. The highest BCUT2D eigenvalue weighted by Crippen LogP contribution is 2.33. The highest BCUT2D eigenvalue weighted by molar-refractivity contribution is 7.92. The molecule has 0 radical (unpaired) electrons. The topological polar surface area (TPSA) is 101 Å². The molecule has 3 aromatic rings. The summed E-state index contributed by atoms with van der Waals surface area (Å²) < 4.78 is 35.6. The van der Waals surface area contributed by atoms with E-state index in [1.165, 1.54) is 12.1 Å². The number of benzene rings is 2. The van der Waals surface area contributed by atoms with Gasteiger partial charge in [-0.3, -0.25) is 4.79 Å². The molecule has 8 nitrogen and oxygen atoms in total. The molecular formula is C29H34N4O4S. The number of nitrogens with zero attached hydrogens (tertiary/aromatic N) is 3. The average Bonchev–Trinajstić information content (AvgIpc) is 2.83. The van der Waals surface area contributed by atoms with Crippen LogP contribution in [0.2, 0.25) is 0 Å². The number of aromatic nitrogens is 2. The zero-order chi connectivity index (χ0) is 27.0. The molecule has 2 heterocycles. The van der Waals surface area contributed by atoms with Gasteiger partial charge in [-0.05, 0) is 74.8 Å². The van der Waals surface area contributed by atoms with E-state index in [9.17, 15) is 13.2 Å². The Bertz CT molecular complexity index is 1450. The van der Waals surface area contributed by atoms with Crippen LogP contribution in [0, 0.1) is 19.8 Å². The Labute approximate surface area is 224 Å². The highest BCUT2D eigenvalue weighted by atomic mass is 32.2. The molecule has 200 valence electrons. The molecule has 0 spiro atoms. The van der Waals surface area contributed by atoms with Crippen LogP contribution in [0.5, 0.6) is 5.88 Å². The van der Waals surface area contributed by atoms with E-state index in [0.29, 0.717) is 17.2 Å². The van der Waals surface area contributed by atoms with Crippen molar-refractivity contribution >= 4 is 21.9 Å². The predicted molar refractivity (Wildman–Crippen MR) is 147 cm³/mol. The van der Waals surface area contributed by atoms with Gasteiger partial charge in [0.2, 0.25) is 11.8 Å². The van der Waals surface area contributed by atoms with Gasteiger partial charge >= 0.3 is 0 Å². The first-order valence-electron chi connectivity index (χ1n) is 13.2. The lowest BCUT2D eigenvalue weighted by molar-refractivity contribution is 0.0292. The van der Waals surface area contributed by atoms with Crippen molar-refractivity contribution in [2.75, 3.05) is 11.3 Å². The zero-order valence-corrected chi connectivity index (χ0v) is 23.1. The van der Waals surface area contributed by atoms with Crippen molar-refractivity contribution in [3.63, 3.8) is 0 Å². The standard InChI is InChI=1S/C29H34N4O4S/c1-18(2)14-23-17-37-26-16-25(27-19(3)8-5-9-20(27)4)30-29(31-26)32-38(35,36)24-13-6-10-21(15-24)28(34)33(23)22-11-7-12-22/h5-6,8-10,13,15-16,18,22-23H,7,11-12,14,17H2,1-4H3,(H,30,31,32)/t23-/m1/s1. The van der Waals surface area contributed by atoms with Crippen LogP contribution >= 0.6 is 0 Å². The van der Waals surface area contributed by atoms with Gasteiger partial charge in [-0.1, -0.05) is 38.1 Å². The van der Waals surface area contributed by atoms with Crippen LogP contribution in [0.1, 0.15) is 61.0 Å². The average molecular weight is 535 g/mol. The number of sulfonamides is 1. The summed E-state index contributed by atoms with van der Waals surface area (Å²) in [6, 6.07) is 13.8. The molecule has 0 saturated heterocycles. The number of amides is 1. The summed E-state index contributed by atoms with van der Waals surface area (Å²) in [6.07, 6.45) is 3.67. The second kappa shape index (κ2) is 10.4. The molecular weight excluding hydrogens is 500 g/mol. The van der Waals surface area contributed by atoms with Gasteiger partial charge in [0.05, 0.1) is 16.6 Å². The minimum atomic E-state index is -4.06. The van der Waals surface area contributed by atoms with E-state index in [4.69, 9.17) is 4.74 Å². The van der Waals surface area contributed by atoms with E-state index < -0.39 is 10.0 Å². The number of ether oxygens (including phenoxy) is 1. The molecule has 1 saturated carbocycles. The van der Waals surface area contributed by atoms with Crippen molar-refractivity contribution in [2.45, 2.75) is 70.4 Å². The molecule has 4 bridgehead atoms. The lowest BCUT2D eigenvalue weighted by atomic mass is 9.88. The monoisotopic (exact) mass is 534 g/mol. The first kappa shape index (κ1) is 26.2. The smallest absolute Gasteiger partial charge is 0.264 e. The fourth-order valence-corrected chi connectivity index (χ4v) is 6.29. The Hall–Kier alpha value is -3.46. The molecule has 2 aliphatic rings. The van der Waals surface area contributed by atoms with Gasteiger partial charge in [-0.2, -0.15) is 4.98 Å². The third-order valence-corrected chi connectivity index (χ3v) is 8.65. The van der Waals surface area contributed by atoms with E-state index in [-0.39, 0.29) is 41.3 Å². The summed E-state index contributed by atoms with van der Waals surface area (Å²) in [7, 11) is -4.06. The fourth-order valence-electron chi connectivity index (χ4n) is 5.30. The Morgan fingerprint density at radius 1 is 1.05 bits per heavy atom. The SMILES string of the molecule is Cc1cccc(C)c1-c1cc2nc(n1)NS(=O)(=O)c1cccc(c1)C(=O)N(C1CCC1)[C@H](CC(C)C)CO2. The third-order valence-electron chi connectivity index (χ3n) is 7.32. The van der Waals surface area contributed by atoms with Crippen LogP contribution in [0.3, 0.4) is 0 Å². The normalized spacial score (nSPS) is 19.4. The molecule has 1 fully saturated rings. The molecule has 38 heavy (non-hydrogen) atoms. The summed E-state index contributed by atoms with van der Waals surface area (Å²) >= 11 is 0. The number of fused-ring (bicyclic) bond motifs is 4. The quantitative estimate of drug-likeness (QED) is 0.483. The first-order chi connectivity index (χ1) is 18.1. The minimum Gasteiger partial charge on any atom is -0.475 e. The molecule has 1 aliphatic carbocycles. The number of hydrogen-bond donors (Lipinski definition) is 1. The summed E-state index contributed by atoms with van der Waals surface area (Å²) in [5.74, 6) is 0.340. The molecule has 0 unspecified atom stereocenters. The van der Waals surface area contributed by atoms with Crippen LogP contribution in [0.15, 0.2) is 53.4 Å². The number of nitrogens with one attached hydrogen (secondary N) is 1. The molecule has 1 aromatic heterocycles. The first-order valence-corrected chi connectivity index (χ1v) is 14.6. The maximum atomic E-state index is 13.9. The second-order valence-corrected chi connectivity index (χ2v) is 12.4. The number of carbonyl (C=O) groups excluding carboxylic acids is 1. The van der Waals surface area contributed by atoms with Crippen LogP contribution in [-0.2, 0) is 10.0 Å². The molecule has 9 heteroatoms. The maximum absolute atomic E-state index is 13.9. The molecule has 2 aromatic carbocycles. The number of carbonyl (C=O) groups is 1. The Balaban J connectivity index is 1.67. The van der Waals surface area contributed by atoms with Crippen LogP contribution < -0.4 is 9.46 Å². The Kier molecular flexibility index (Phi) is 7.13. The van der Waals surface area contributed by atoms with Crippen LogP contribution in [0.4, 0.5) is 5.95 Å². The molecule has 1 amide bonds. The summed E-state index contributed by atoms with van der Waals surface area (Å²) in [6.45, 7) is 8.48. The van der Waals surface area contributed by atoms with Gasteiger partial charge in [0.1, 0.15) is 6.61 Å². The van der Waals surface area contributed by atoms with E-state index in [0.717, 1.165) is 42.4 Å². The van der Waals surface area contributed by atoms with Gasteiger partial charge in [0, 0.05) is 23.2 Å². The summed E-state index contributed by atoms with van der Waals surface area (Å²) in [5.41, 5.74) is 3.83. The van der Waals surface area contributed by atoms with Crippen molar-refractivity contribution in [1.82, 2.24) is 14.9 Å². The summed E-state index contributed by atoms with van der Waals surface area (Å²) in [4.78, 5) is 24.8. The van der Waals surface area contributed by atoms with Gasteiger partial charge in [-0.15, -0.1) is 0 Å². The number of rotatable bonds is 4. The van der Waals surface area contributed by atoms with E-state index >= 15 is 0 Å². The Morgan fingerprint density at radius 2 is 1.76 bits per heavy atom. The van der Waals surface area contributed by atoms with Gasteiger partial charge in [-0.25, -0.2) is 18.1 Å². The minimum absolute atomic E-state index is 0.0138. The lowest BCUT2D eigenvalue weighted by Crippen LogP contribution is -2.52. The lowest BCUT2D eigenvalue weighted by Gasteiger charge is -2.43. The van der Waals surface area contributed by atoms with E-state index in [2.05, 4.69) is 28.5 Å². The van der Waals surface area contributed by atoms with E-state index in [1.807, 2.05) is 36.9 Å². The van der Waals surface area contributed by atoms with Gasteiger partial charge < -0.3 is 9.64 Å².